The smallest absolute Gasteiger partial charge is 0.234 e. The highest BCUT2D eigenvalue weighted by Gasteiger charge is 2.27. The number of carbonyl (C=O) groups is 2. The number of nitrogens with one attached hydrogen (secondary N) is 1. The van der Waals surface area contributed by atoms with Crippen molar-refractivity contribution >= 4 is 11.8 Å². The minimum Gasteiger partial charge on any atom is -0.296 e. The third kappa shape index (κ3) is 3.05. The molecule has 0 aromatic rings. The Bertz CT molecular complexity index is 377. The molecule has 1 heterocycles. The minimum atomic E-state index is -0.271. The van der Waals surface area contributed by atoms with Crippen LogP contribution in [-0.4, -0.2) is 11.8 Å². The van der Waals surface area contributed by atoms with Crippen molar-refractivity contribution in [2.75, 3.05) is 0 Å². The highest BCUT2D eigenvalue weighted by Crippen LogP contribution is 2.22. The van der Waals surface area contributed by atoms with Crippen molar-refractivity contribution in [3.05, 3.63) is 49.1 Å². The van der Waals surface area contributed by atoms with Crippen molar-refractivity contribution in [1.29, 1.82) is 0 Å². The highest BCUT2D eigenvalue weighted by molar-refractivity contribution is 6.00. The molecule has 3 heteroatoms. The number of allylic oxidation sites excluding steroid dienone is 5. The SMILES string of the molecule is C=C/C=C\C(=C/C=C)C1CCC(=O)NC1=O. The van der Waals surface area contributed by atoms with Crippen LogP contribution in [0.1, 0.15) is 12.8 Å². The first-order chi connectivity index (χ1) is 7.69. The quantitative estimate of drug-likeness (QED) is 0.577. The lowest BCUT2D eigenvalue weighted by molar-refractivity contribution is -0.135. The van der Waals surface area contributed by atoms with Gasteiger partial charge in [-0.05, 0) is 12.0 Å². The van der Waals surface area contributed by atoms with Gasteiger partial charge in [0.15, 0.2) is 0 Å². The largest absolute Gasteiger partial charge is 0.296 e. The summed E-state index contributed by atoms with van der Waals surface area (Å²) in [5, 5.41) is 2.33. The number of piperidine rings is 1. The predicted molar refractivity (Wildman–Crippen MR) is 63.5 cm³/mol. The van der Waals surface area contributed by atoms with E-state index in [1.54, 1.807) is 24.3 Å². The zero-order chi connectivity index (χ0) is 12.0. The molecule has 16 heavy (non-hydrogen) atoms. The molecule has 1 saturated heterocycles. The highest BCUT2D eigenvalue weighted by atomic mass is 16.2. The summed E-state index contributed by atoms with van der Waals surface area (Å²) in [6, 6.07) is 0. The molecule has 0 aromatic heterocycles. The number of hydrogen-bond acceptors (Lipinski definition) is 2. The average Bonchev–Trinajstić information content (AvgIpc) is 2.25. The zero-order valence-electron chi connectivity index (χ0n) is 9.11. The summed E-state index contributed by atoms with van der Waals surface area (Å²) in [5.74, 6) is -0.711. The van der Waals surface area contributed by atoms with Gasteiger partial charge in [-0.1, -0.05) is 43.5 Å². The van der Waals surface area contributed by atoms with E-state index in [0.717, 1.165) is 5.57 Å². The third-order valence-corrected chi connectivity index (χ3v) is 2.38. The lowest BCUT2D eigenvalue weighted by Crippen LogP contribution is -2.41. The molecule has 0 bridgehead atoms. The predicted octanol–water partition coefficient (Wildman–Crippen LogP) is 1.89. The van der Waals surface area contributed by atoms with Gasteiger partial charge in [-0.3, -0.25) is 14.9 Å². The van der Waals surface area contributed by atoms with Crippen molar-refractivity contribution in [3.63, 3.8) is 0 Å². The Morgan fingerprint density at radius 3 is 2.62 bits per heavy atom. The van der Waals surface area contributed by atoms with Crippen molar-refractivity contribution in [1.82, 2.24) is 5.32 Å². The molecule has 1 atom stereocenters. The second-order valence-corrected chi connectivity index (χ2v) is 3.50. The van der Waals surface area contributed by atoms with Crippen molar-refractivity contribution in [2.45, 2.75) is 12.8 Å². The monoisotopic (exact) mass is 217 g/mol. The lowest BCUT2D eigenvalue weighted by atomic mass is 9.89. The Kier molecular flexibility index (Phi) is 4.45. The molecule has 1 fully saturated rings. The fourth-order valence-electron chi connectivity index (χ4n) is 1.61. The Hall–Kier alpha value is -1.90. The fourth-order valence-corrected chi connectivity index (χ4v) is 1.61. The molecule has 1 rings (SSSR count). The summed E-state index contributed by atoms with van der Waals surface area (Å²) in [6.45, 7) is 7.18. The first-order valence-corrected chi connectivity index (χ1v) is 5.14. The topological polar surface area (TPSA) is 46.2 Å². The summed E-state index contributed by atoms with van der Waals surface area (Å²) in [6.07, 6.45) is 9.56. The minimum absolute atomic E-state index is 0.202. The van der Waals surface area contributed by atoms with E-state index in [-0.39, 0.29) is 17.7 Å². The number of hydrogen-bond donors (Lipinski definition) is 1. The van der Waals surface area contributed by atoms with E-state index >= 15 is 0 Å². The summed E-state index contributed by atoms with van der Waals surface area (Å²) in [5.41, 5.74) is 0.847. The summed E-state index contributed by atoms with van der Waals surface area (Å²) >= 11 is 0. The van der Waals surface area contributed by atoms with E-state index in [1.807, 2.05) is 6.08 Å². The van der Waals surface area contributed by atoms with Crippen LogP contribution in [0, 0.1) is 5.92 Å². The Labute approximate surface area is 95.2 Å². The van der Waals surface area contributed by atoms with Crippen LogP contribution in [0.4, 0.5) is 0 Å². The van der Waals surface area contributed by atoms with Crippen LogP contribution in [0.5, 0.6) is 0 Å². The van der Waals surface area contributed by atoms with Crippen LogP contribution in [0.15, 0.2) is 49.1 Å². The van der Waals surface area contributed by atoms with E-state index in [9.17, 15) is 9.59 Å². The second-order valence-electron chi connectivity index (χ2n) is 3.50. The van der Waals surface area contributed by atoms with E-state index in [2.05, 4.69) is 18.5 Å². The van der Waals surface area contributed by atoms with Crippen molar-refractivity contribution < 1.29 is 9.59 Å². The summed E-state index contributed by atoms with van der Waals surface area (Å²) in [4.78, 5) is 22.6. The van der Waals surface area contributed by atoms with E-state index in [4.69, 9.17) is 0 Å². The van der Waals surface area contributed by atoms with Gasteiger partial charge in [0.05, 0.1) is 5.92 Å². The number of carbonyl (C=O) groups excluding carboxylic acids is 2. The number of rotatable bonds is 4. The summed E-state index contributed by atoms with van der Waals surface area (Å²) < 4.78 is 0. The molecular formula is C13H15NO2. The molecule has 3 nitrogen and oxygen atoms in total. The molecule has 0 aliphatic carbocycles. The average molecular weight is 217 g/mol. The maximum absolute atomic E-state index is 11.6. The van der Waals surface area contributed by atoms with Crippen molar-refractivity contribution in [2.24, 2.45) is 5.92 Å². The number of amides is 2. The van der Waals surface area contributed by atoms with Crippen LogP contribution < -0.4 is 5.32 Å². The van der Waals surface area contributed by atoms with E-state index in [1.165, 1.54) is 0 Å². The molecule has 1 N–H and O–H groups in total. The van der Waals surface area contributed by atoms with Gasteiger partial charge in [0, 0.05) is 6.42 Å². The fraction of sp³-hybridized carbons (Fsp3) is 0.231. The van der Waals surface area contributed by atoms with Crippen LogP contribution >= 0.6 is 0 Å². The molecule has 0 aromatic carbocycles. The summed E-state index contributed by atoms with van der Waals surface area (Å²) in [7, 11) is 0. The van der Waals surface area contributed by atoms with Crippen LogP contribution in [-0.2, 0) is 9.59 Å². The van der Waals surface area contributed by atoms with E-state index in [0.29, 0.717) is 12.8 Å². The molecule has 1 aliphatic heterocycles. The van der Waals surface area contributed by atoms with Gasteiger partial charge in [0.1, 0.15) is 0 Å². The van der Waals surface area contributed by atoms with Crippen molar-refractivity contribution in [3.8, 4) is 0 Å². The molecule has 0 saturated carbocycles. The maximum Gasteiger partial charge on any atom is 0.234 e. The third-order valence-electron chi connectivity index (χ3n) is 2.38. The van der Waals surface area contributed by atoms with Crippen LogP contribution in [0.3, 0.4) is 0 Å². The molecule has 0 spiro atoms. The second kappa shape index (κ2) is 5.85. The normalized spacial score (nSPS) is 22.0. The van der Waals surface area contributed by atoms with Gasteiger partial charge in [-0.2, -0.15) is 0 Å². The lowest BCUT2D eigenvalue weighted by Gasteiger charge is -2.21. The number of imide groups is 1. The van der Waals surface area contributed by atoms with Gasteiger partial charge in [-0.15, -0.1) is 0 Å². The molecule has 0 radical (unpaired) electrons. The first kappa shape index (κ1) is 12.2. The standard InChI is InChI=1S/C13H15NO2/c1-3-5-7-10(6-4-2)11-8-9-12(15)14-13(11)16/h3-7,11H,1-2,8-9H2,(H,14,15,16)/b7-5-,10-6+. The Morgan fingerprint density at radius 2 is 2.06 bits per heavy atom. The Morgan fingerprint density at radius 1 is 1.31 bits per heavy atom. The van der Waals surface area contributed by atoms with Gasteiger partial charge in [0.25, 0.3) is 0 Å². The van der Waals surface area contributed by atoms with Gasteiger partial charge in [-0.25, -0.2) is 0 Å². The molecule has 1 unspecified atom stereocenters. The van der Waals surface area contributed by atoms with Crippen LogP contribution in [0.2, 0.25) is 0 Å². The molecular weight excluding hydrogens is 202 g/mol. The van der Waals surface area contributed by atoms with Crippen LogP contribution in [0.25, 0.3) is 0 Å². The van der Waals surface area contributed by atoms with Gasteiger partial charge >= 0.3 is 0 Å². The molecule has 84 valence electrons. The van der Waals surface area contributed by atoms with E-state index < -0.39 is 0 Å². The maximum atomic E-state index is 11.6. The molecule has 1 aliphatic rings. The van der Waals surface area contributed by atoms with Gasteiger partial charge in [0.2, 0.25) is 11.8 Å². The zero-order valence-corrected chi connectivity index (χ0v) is 9.11. The first-order valence-electron chi connectivity index (χ1n) is 5.14. The van der Waals surface area contributed by atoms with Gasteiger partial charge < -0.3 is 0 Å². The molecule has 2 amide bonds. The Balaban J connectivity index is 2.86.